The van der Waals surface area contributed by atoms with E-state index >= 15 is 0 Å². The molecule has 1 saturated heterocycles. The van der Waals surface area contributed by atoms with Crippen LogP contribution in [0.4, 0.5) is 11.8 Å². The van der Waals surface area contributed by atoms with Crippen molar-refractivity contribution in [3.05, 3.63) is 66.4 Å². The van der Waals surface area contributed by atoms with E-state index in [2.05, 4.69) is 15.3 Å². The summed E-state index contributed by atoms with van der Waals surface area (Å²) in [6.45, 7) is 6.53. The van der Waals surface area contributed by atoms with Gasteiger partial charge in [0.25, 0.3) is 0 Å². The molecule has 0 aliphatic carbocycles. The highest BCUT2D eigenvalue weighted by Gasteiger charge is 2.29. The molecule has 0 spiro atoms. The van der Waals surface area contributed by atoms with Gasteiger partial charge in [0, 0.05) is 44.5 Å². The molecule has 0 bridgehead atoms. The Hall–Kier alpha value is -3.17. The van der Waals surface area contributed by atoms with Crippen LogP contribution in [-0.4, -0.2) is 55.4 Å². The van der Waals surface area contributed by atoms with Crippen LogP contribution in [0, 0.1) is 6.92 Å². The van der Waals surface area contributed by atoms with E-state index in [0.717, 1.165) is 18.1 Å². The van der Waals surface area contributed by atoms with Crippen LogP contribution in [0.3, 0.4) is 0 Å². The first-order valence-corrected chi connectivity index (χ1v) is 12.1. The average molecular weight is 454 g/mol. The summed E-state index contributed by atoms with van der Waals surface area (Å²) in [4.78, 5) is 11.4. The predicted octanol–water partition coefficient (Wildman–Crippen LogP) is 3.52. The lowest BCUT2D eigenvalue weighted by Gasteiger charge is -2.34. The molecule has 3 aromatic rings. The third kappa shape index (κ3) is 5.00. The van der Waals surface area contributed by atoms with E-state index in [1.54, 1.807) is 24.3 Å². The Morgan fingerprint density at radius 1 is 0.938 bits per heavy atom. The molecule has 1 aliphatic rings. The zero-order valence-corrected chi connectivity index (χ0v) is 19.0. The highest BCUT2D eigenvalue weighted by Crippen LogP contribution is 2.25. The molecule has 8 nitrogen and oxygen atoms in total. The summed E-state index contributed by atoms with van der Waals surface area (Å²) in [5, 5.41) is 3.21. The molecule has 0 amide bonds. The second-order valence-corrected chi connectivity index (χ2v) is 9.44. The summed E-state index contributed by atoms with van der Waals surface area (Å²) in [5.41, 5.74) is 0.874. The third-order valence-corrected chi connectivity index (χ3v) is 7.08. The van der Waals surface area contributed by atoms with Crippen LogP contribution in [0.1, 0.15) is 12.6 Å². The second-order valence-electron chi connectivity index (χ2n) is 7.50. The minimum absolute atomic E-state index is 0.257. The van der Waals surface area contributed by atoms with Crippen molar-refractivity contribution in [3.63, 3.8) is 0 Å². The van der Waals surface area contributed by atoms with Crippen molar-refractivity contribution in [1.82, 2.24) is 14.3 Å². The molecule has 1 fully saturated rings. The molecule has 0 atom stereocenters. The SMILES string of the molecule is CCNc1cc(C)nc(N2CCN(S(=O)(=O)c3ccc(Oc4ccccc4)cc3)CC2)n1. The number of rotatable bonds is 7. The Kier molecular flexibility index (Phi) is 6.57. The summed E-state index contributed by atoms with van der Waals surface area (Å²) >= 11 is 0. The van der Waals surface area contributed by atoms with Crippen LogP contribution < -0.4 is 15.0 Å². The van der Waals surface area contributed by atoms with Crippen molar-refractivity contribution in [1.29, 1.82) is 0 Å². The molecule has 1 aliphatic heterocycles. The Balaban J connectivity index is 1.41. The molecule has 168 valence electrons. The number of benzene rings is 2. The van der Waals surface area contributed by atoms with Gasteiger partial charge < -0.3 is 15.0 Å². The fourth-order valence-electron chi connectivity index (χ4n) is 3.55. The van der Waals surface area contributed by atoms with E-state index in [9.17, 15) is 8.42 Å². The van der Waals surface area contributed by atoms with Crippen LogP contribution in [0.5, 0.6) is 11.5 Å². The Morgan fingerprint density at radius 2 is 1.59 bits per heavy atom. The summed E-state index contributed by atoms with van der Waals surface area (Å²) in [6.07, 6.45) is 0. The van der Waals surface area contributed by atoms with Gasteiger partial charge in [0.2, 0.25) is 16.0 Å². The zero-order chi connectivity index (χ0) is 22.6. The van der Waals surface area contributed by atoms with Crippen LogP contribution in [0.2, 0.25) is 0 Å². The van der Waals surface area contributed by atoms with E-state index < -0.39 is 10.0 Å². The van der Waals surface area contributed by atoms with Crippen LogP contribution >= 0.6 is 0 Å². The number of aryl methyl sites for hydroxylation is 1. The summed E-state index contributed by atoms with van der Waals surface area (Å²) < 4.78 is 33.5. The van der Waals surface area contributed by atoms with Crippen molar-refractivity contribution in [2.45, 2.75) is 18.7 Å². The topological polar surface area (TPSA) is 87.7 Å². The van der Waals surface area contributed by atoms with Crippen molar-refractivity contribution in [3.8, 4) is 11.5 Å². The number of sulfonamides is 1. The summed E-state index contributed by atoms with van der Waals surface area (Å²) in [7, 11) is -3.58. The van der Waals surface area contributed by atoms with Gasteiger partial charge >= 0.3 is 0 Å². The number of nitrogens with one attached hydrogen (secondary N) is 1. The van der Waals surface area contributed by atoms with Crippen molar-refractivity contribution < 1.29 is 13.2 Å². The van der Waals surface area contributed by atoms with Gasteiger partial charge in [-0.2, -0.15) is 9.29 Å². The Bertz CT molecular complexity index is 1150. The molecule has 32 heavy (non-hydrogen) atoms. The molecule has 1 N–H and O–H groups in total. The lowest BCUT2D eigenvalue weighted by atomic mass is 10.3. The lowest BCUT2D eigenvalue weighted by Crippen LogP contribution is -2.49. The number of piperazine rings is 1. The van der Waals surface area contributed by atoms with Gasteiger partial charge in [0.15, 0.2) is 0 Å². The van der Waals surface area contributed by atoms with E-state index in [0.29, 0.717) is 43.6 Å². The molecule has 0 unspecified atom stereocenters. The number of para-hydroxylation sites is 1. The summed E-state index contributed by atoms with van der Waals surface area (Å²) in [5.74, 6) is 2.70. The minimum atomic E-state index is -3.58. The van der Waals surface area contributed by atoms with E-state index in [1.165, 1.54) is 4.31 Å². The van der Waals surface area contributed by atoms with Gasteiger partial charge in [-0.05, 0) is 50.2 Å². The minimum Gasteiger partial charge on any atom is -0.457 e. The fourth-order valence-corrected chi connectivity index (χ4v) is 4.97. The van der Waals surface area contributed by atoms with Crippen molar-refractivity contribution in [2.24, 2.45) is 0 Å². The Morgan fingerprint density at radius 3 is 2.25 bits per heavy atom. The van der Waals surface area contributed by atoms with Gasteiger partial charge in [-0.3, -0.25) is 0 Å². The van der Waals surface area contributed by atoms with Crippen LogP contribution in [0.25, 0.3) is 0 Å². The highest BCUT2D eigenvalue weighted by atomic mass is 32.2. The molecular formula is C23H27N5O3S. The number of hydrogen-bond donors (Lipinski definition) is 1. The molecule has 0 saturated carbocycles. The number of nitrogens with zero attached hydrogens (tertiary/aromatic N) is 4. The third-order valence-electron chi connectivity index (χ3n) is 5.16. The molecule has 1 aromatic heterocycles. The molecule has 4 rings (SSSR count). The molecule has 9 heteroatoms. The fraction of sp³-hybridized carbons (Fsp3) is 0.304. The maximum atomic E-state index is 13.1. The van der Waals surface area contributed by atoms with Gasteiger partial charge in [-0.1, -0.05) is 18.2 Å². The van der Waals surface area contributed by atoms with Crippen LogP contribution in [-0.2, 0) is 10.0 Å². The smallest absolute Gasteiger partial charge is 0.243 e. The van der Waals surface area contributed by atoms with Crippen molar-refractivity contribution in [2.75, 3.05) is 42.9 Å². The maximum Gasteiger partial charge on any atom is 0.243 e. The monoisotopic (exact) mass is 453 g/mol. The van der Waals surface area contributed by atoms with E-state index in [4.69, 9.17) is 4.74 Å². The first-order chi connectivity index (χ1) is 15.5. The number of anilines is 2. The van der Waals surface area contributed by atoms with Gasteiger partial charge in [-0.15, -0.1) is 0 Å². The molecule has 2 heterocycles. The van der Waals surface area contributed by atoms with Gasteiger partial charge in [0.1, 0.15) is 17.3 Å². The van der Waals surface area contributed by atoms with Crippen molar-refractivity contribution >= 4 is 21.8 Å². The van der Waals surface area contributed by atoms with E-state index in [1.807, 2.05) is 55.1 Å². The maximum absolute atomic E-state index is 13.1. The molecule has 2 aromatic carbocycles. The zero-order valence-electron chi connectivity index (χ0n) is 18.2. The lowest BCUT2D eigenvalue weighted by molar-refractivity contribution is 0.382. The quantitative estimate of drug-likeness (QED) is 0.586. The first-order valence-electron chi connectivity index (χ1n) is 10.6. The second kappa shape index (κ2) is 9.54. The number of hydrogen-bond acceptors (Lipinski definition) is 7. The number of aromatic nitrogens is 2. The average Bonchev–Trinajstić information content (AvgIpc) is 2.80. The first kappa shape index (κ1) is 22.0. The predicted molar refractivity (Wildman–Crippen MR) is 125 cm³/mol. The van der Waals surface area contributed by atoms with E-state index in [-0.39, 0.29) is 4.90 Å². The van der Waals surface area contributed by atoms with Gasteiger partial charge in [0.05, 0.1) is 4.90 Å². The Labute approximate surface area is 188 Å². The number of ether oxygens (including phenoxy) is 1. The molecule has 0 radical (unpaired) electrons. The normalized spacial score (nSPS) is 14.9. The largest absolute Gasteiger partial charge is 0.457 e. The standard InChI is InChI=1S/C23H27N5O3S/c1-3-24-22-17-18(2)25-23(26-22)27-13-15-28(16-14-27)32(29,30)21-11-9-20(10-12-21)31-19-7-5-4-6-8-19/h4-12,17H,3,13-16H2,1-2H3,(H,24,25,26). The van der Waals surface area contributed by atoms with Crippen LogP contribution in [0.15, 0.2) is 65.6 Å². The highest BCUT2D eigenvalue weighted by molar-refractivity contribution is 7.89. The summed E-state index contributed by atoms with van der Waals surface area (Å²) in [6, 6.07) is 17.8. The van der Waals surface area contributed by atoms with Gasteiger partial charge in [-0.25, -0.2) is 13.4 Å². The molecular weight excluding hydrogens is 426 g/mol.